The van der Waals surface area contributed by atoms with Gasteiger partial charge in [-0.3, -0.25) is 4.79 Å². The number of amides is 1. The average Bonchev–Trinajstić information content (AvgIpc) is 2.91. The van der Waals surface area contributed by atoms with Crippen molar-refractivity contribution in [2.24, 2.45) is 0 Å². The molecular weight excluding hydrogens is 232 g/mol. The van der Waals surface area contributed by atoms with Crippen LogP contribution in [0, 0.1) is 10.7 Å². The van der Waals surface area contributed by atoms with Crippen molar-refractivity contribution in [1.29, 1.82) is 5.26 Å². The number of benzene rings is 1. The van der Waals surface area contributed by atoms with Crippen molar-refractivity contribution in [2.75, 3.05) is 6.26 Å². The van der Waals surface area contributed by atoms with Crippen LogP contribution in [0.15, 0.2) is 29.2 Å². The van der Waals surface area contributed by atoms with Crippen LogP contribution >= 0.6 is 10.0 Å². The molecule has 1 aromatic carbocycles. The highest BCUT2D eigenvalue weighted by molar-refractivity contribution is 8.53. The summed E-state index contributed by atoms with van der Waals surface area (Å²) in [6.07, 6.45) is 2.72. The Kier molecular flexibility index (Phi) is 2.95. The molecule has 0 aliphatic carbocycles. The van der Waals surface area contributed by atoms with Gasteiger partial charge in [0, 0.05) is 11.4 Å². The molecule has 1 atom stereocenters. The van der Waals surface area contributed by atoms with Crippen LogP contribution in [-0.2, 0) is 11.3 Å². The second-order valence-electron chi connectivity index (χ2n) is 4.09. The molecule has 0 spiro atoms. The number of carbonyl (C=O) groups is 1. The van der Waals surface area contributed by atoms with Crippen LogP contribution in [0.5, 0.6) is 0 Å². The third kappa shape index (κ3) is 1.94. The maximum atomic E-state index is 10.2. The van der Waals surface area contributed by atoms with Gasteiger partial charge in [0.25, 0.3) is 0 Å². The van der Waals surface area contributed by atoms with E-state index in [0.717, 1.165) is 11.1 Å². The predicted octanol–water partition coefficient (Wildman–Crippen LogP) is 2.55. The van der Waals surface area contributed by atoms with E-state index >= 15 is 0 Å². The zero-order valence-electron chi connectivity index (χ0n) is 9.86. The molecule has 2 rings (SSSR count). The lowest BCUT2D eigenvalue weighted by molar-refractivity contribution is -0.109. The van der Waals surface area contributed by atoms with Gasteiger partial charge in [0.05, 0.1) is 0 Å². The maximum Gasteiger partial charge on any atom is 0.207 e. The molecule has 1 amide bonds. The Morgan fingerprint density at radius 2 is 2.06 bits per heavy atom. The number of nitrogens with zero attached hydrogens (tertiary/aromatic N) is 1. The van der Waals surface area contributed by atoms with Gasteiger partial charge in [-0.05, 0) is 29.2 Å². The minimum Gasteiger partial charge on any atom is -0.355 e. The van der Waals surface area contributed by atoms with Crippen molar-refractivity contribution in [3.63, 3.8) is 0 Å². The van der Waals surface area contributed by atoms with Crippen LogP contribution in [0.25, 0.3) is 4.91 Å². The van der Waals surface area contributed by atoms with Crippen LogP contribution < -0.4 is 5.32 Å². The highest BCUT2D eigenvalue weighted by Crippen LogP contribution is 2.78. The van der Waals surface area contributed by atoms with Gasteiger partial charge in [-0.1, -0.05) is 24.3 Å². The summed E-state index contributed by atoms with van der Waals surface area (Å²) >= 11 is 0. The normalized spacial score (nSPS) is 25.7. The fourth-order valence-electron chi connectivity index (χ4n) is 1.91. The van der Waals surface area contributed by atoms with Gasteiger partial charge >= 0.3 is 0 Å². The molecule has 3 nitrogen and oxygen atoms in total. The molecule has 1 aromatic rings. The number of nitrogens with one attached hydrogen (secondary N) is 1. The molecule has 1 aliphatic heterocycles. The van der Waals surface area contributed by atoms with E-state index in [4.69, 9.17) is 5.26 Å². The molecule has 4 heteroatoms. The summed E-state index contributed by atoms with van der Waals surface area (Å²) in [6, 6.07) is 8.02. The zero-order chi connectivity index (χ0) is 12.5. The van der Waals surface area contributed by atoms with Gasteiger partial charge in [-0.25, -0.2) is 0 Å². The number of rotatable bonds is 4. The largest absolute Gasteiger partial charge is 0.355 e. The number of carbonyl (C=O) groups excluding carboxylic acids is 1. The van der Waals surface area contributed by atoms with Crippen molar-refractivity contribution in [2.45, 2.75) is 13.5 Å². The van der Waals surface area contributed by atoms with Gasteiger partial charge in [0.1, 0.15) is 5.40 Å². The summed E-state index contributed by atoms with van der Waals surface area (Å²) in [7, 11) is -1.25. The number of hydrogen-bond acceptors (Lipinski definition) is 2. The van der Waals surface area contributed by atoms with Crippen LogP contribution in [0.1, 0.15) is 18.1 Å². The Balaban J connectivity index is 2.16. The van der Waals surface area contributed by atoms with Gasteiger partial charge in [0.15, 0.2) is 0 Å². The topological polar surface area (TPSA) is 52.9 Å². The quantitative estimate of drug-likeness (QED) is 0.655. The molecule has 1 heterocycles. The fraction of sp³-hybridized carbons (Fsp3) is 0.231. The summed E-state index contributed by atoms with van der Waals surface area (Å²) in [5, 5.41) is 14.2. The first-order valence-corrected chi connectivity index (χ1v) is 7.34. The van der Waals surface area contributed by atoms with E-state index in [-0.39, 0.29) is 0 Å². The Morgan fingerprint density at radius 1 is 1.41 bits per heavy atom. The summed E-state index contributed by atoms with van der Waals surface area (Å²) in [6.45, 7) is 2.58. The summed E-state index contributed by atoms with van der Waals surface area (Å²) in [4.78, 5) is 12.6. The SMILES string of the molecule is CC1=C(c2ccc(CNC=O)cc2)S1(C)C#N. The van der Waals surface area contributed by atoms with Gasteiger partial charge in [0.2, 0.25) is 6.41 Å². The average molecular weight is 246 g/mol. The molecule has 0 radical (unpaired) electrons. The number of thiocyanates is 1. The fourth-order valence-corrected chi connectivity index (χ4v) is 4.07. The van der Waals surface area contributed by atoms with Gasteiger partial charge in [-0.15, -0.1) is 10.0 Å². The van der Waals surface area contributed by atoms with E-state index in [0.29, 0.717) is 13.0 Å². The Labute approximate surface area is 102 Å². The van der Waals surface area contributed by atoms with Crippen LogP contribution in [-0.4, -0.2) is 12.7 Å². The van der Waals surface area contributed by atoms with E-state index in [1.165, 1.54) is 9.81 Å². The van der Waals surface area contributed by atoms with Gasteiger partial charge in [-0.2, -0.15) is 5.26 Å². The first-order chi connectivity index (χ1) is 8.13. The van der Waals surface area contributed by atoms with Crippen LogP contribution in [0.3, 0.4) is 0 Å². The summed E-state index contributed by atoms with van der Waals surface area (Å²) in [5.74, 6) is 0. The third-order valence-electron chi connectivity index (χ3n) is 3.09. The number of hydrogen-bond donors (Lipinski definition) is 1. The number of nitriles is 1. The van der Waals surface area contributed by atoms with Crippen molar-refractivity contribution in [3.05, 3.63) is 40.3 Å². The van der Waals surface area contributed by atoms with E-state index < -0.39 is 10.0 Å². The van der Waals surface area contributed by atoms with Crippen molar-refractivity contribution < 1.29 is 4.79 Å². The lowest BCUT2D eigenvalue weighted by Crippen LogP contribution is -2.09. The van der Waals surface area contributed by atoms with Crippen molar-refractivity contribution >= 4 is 21.3 Å². The summed E-state index contributed by atoms with van der Waals surface area (Å²) < 4.78 is 0. The lowest BCUT2D eigenvalue weighted by atomic mass is 10.1. The smallest absolute Gasteiger partial charge is 0.207 e. The van der Waals surface area contributed by atoms with Crippen molar-refractivity contribution in [1.82, 2.24) is 5.32 Å². The van der Waals surface area contributed by atoms with E-state index in [1.54, 1.807) is 0 Å². The Morgan fingerprint density at radius 3 is 2.53 bits per heavy atom. The Bertz CT molecular complexity index is 527. The first-order valence-electron chi connectivity index (χ1n) is 5.30. The molecule has 0 bridgehead atoms. The highest BCUT2D eigenvalue weighted by atomic mass is 32.3. The maximum absolute atomic E-state index is 10.2. The van der Waals surface area contributed by atoms with E-state index in [1.807, 2.05) is 37.4 Å². The highest BCUT2D eigenvalue weighted by Gasteiger charge is 2.42. The van der Waals surface area contributed by atoms with Crippen LogP contribution in [0.2, 0.25) is 0 Å². The third-order valence-corrected chi connectivity index (χ3v) is 6.04. The molecule has 0 aromatic heterocycles. The molecule has 1 unspecified atom stereocenters. The minimum absolute atomic E-state index is 0.546. The zero-order valence-corrected chi connectivity index (χ0v) is 10.7. The standard InChI is InChI=1S/C13H14N2OS/c1-10-13(17(10,2)8-14)12-5-3-11(4-6-12)7-15-9-16/h3-6,9H,7H2,1-2H3,(H,15,16). The molecule has 1 aliphatic rings. The second-order valence-corrected chi connectivity index (χ2v) is 7.13. The molecule has 0 saturated heterocycles. The lowest BCUT2D eigenvalue weighted by Gasteiger charge is -2.07. The second kappa shape index (κ2) is 4.27. The molecule has 0 fully saturated rings. The monoisotopic (exact) mass is 246 g/mol. The molecule has 0 saturated carbocycles. The van der Waals surface area contributed by atoms with E-state index in [2.05, 4.69) is 10.7 Å². The molecule has 17 heavy (non-hydrogen) atoms. The predicted molar refractivity (Wildman–Crippen MR) is 71.1 cm³/mol. The molecular formula is C13H14N2OS. The molecule has 88 valence electrons. The molecule has 1 N–H and O–H groups in total. The Hall–Kier alpha value is -1.73. The summed E-state index contributed by atoms with van der Waals surface area (Å²) in [5.41, 5.74) is 2.20. The van der Waals surface area contributed by atoms with Crippen LogP contribution in [0.4, 0.5) is 0 Å². The van der Waals surface area contributed by atoms with Crippen molar-refractivity contribution in [3.8, 4) is 5.40 Å². The van der Waals surface area contributed by atoms with E-state index in [9.17, 15) is 4.79 Å². The first kappa shape index (κ1) is 11.7. The minimum atomic E-state index is -1.25. The van der Waals surface area contributed by atoms with Gasteiger partial charge < -0.3 is 5.32 Å². The number of allylic oxidation sites excluding steroid dienone is 1.